The monoisotopic (exact) mass is 245 g/mol. The molecule has 1 rings (SSSR count). The van der Waals surface area contributed by atoms with Crippen molar-refractivity contribution in [2.75, 3.05) is 32.6 Å². The Morgan fingerprint density at radius 3 is 3.19 bits per heavy atom. The van der Waals surface area contributed by atoms with Gasteiger partial charge in [-0.1, -0.05) is 0 Å². The van der Waals surface area contributed by atoms with Gasteiger partial charge < -0.3 is 19.6 Å². The van der Waals surface area contributed by atoms with Crippen LogP contribution in [0.4, 0.5) is 0 Å². The summed E-state index contributed by atoms with van der Waals surface area (Å²) in [7, 11) is 1.66. The Hall–Kier alpha value is -0.490. The van der Waals surface area contributed by atoms with E-state index >= 15 is 0 Å². The van der Waals surface area contributed by atoms with Crippen LogP contribution in [0.3, 0.4) is 0 Å². The molecule has 0 spiro atoms. The molecule has 16 heavy (non-hydrogen) atoms. The highest BCUT2D eigenvalue weighted by Crippen LogP contribution is 2.13. The molecule has 0 aliphatic rings. The van der Waals surface area contributed by atoms with Crippen LogP contribution in [0.15, 0.2) is 22.8 Å². The van der Waals surface area contributed by atoms with Crippen LogP contribution in [0, 0.1) is 0 Å². The van der Waals surface area contributed by atoms with Gasteiger partial charge in [0.2, 0.25) is 0 Å². The van der Waals surface area contributed by atoms with E-state index in [9.17, 15) is 5.11 Å². The average molecular weight is 245 g/mol. The van der Waals surface area contributed by atoms with Crippen LogP contribution in [0.1, 0.15) is 5.76 Å². The molecule has 4 nitrogen and oxygen atoms in total. The van der Waals surface area contributed by atoms with E-state index in [4.69, 9.17) is 9.15 Å². The highest BCUT2D eigenvalue weighted by molar-refractivity contribution is 7.98. The second-order valence-electron chi connectivity index (χ2n) is 3.45. The maximum absolute atomic E-state index is 9.62. The summed E-state index contributed by atoms with van der Waals surface area (Å²) in [5, 5.41) is 12.7. The van der Waals surface area contributed by atoms with Crippen molar-refractivity contribution in [3.8, 4) is 0 Å². The number of furan rings is 1. The Morgan fingerprint density at radius 1 is 1.62 bits per heavy atom. The first kappa shape index (κ1) is 13.6. The van der Waals surface area contributed by atoms with Gasteiger partial charge in [0.05, 0.1) is 24.7 Å². The molecule has 92 valence electrons. The van der Waals surface area contributed by atoms with E-state index in [1.54, 1.807) is 25.1 Å². The van der Waals surface area contributed by atoms with Crippen molar-refractivity contribution < 1.29 is 14.3 Å². The molecule has 1 heterocycles. The summed E-state index contributed by atoms with van der Waals surface area (Å²) < 4.78 is 10.1. The largest absolute Gasteiger partial charge is 0.468 e. The van der Waals surface area contributed by atoms with E-state index in [0.29, 0.717) is 18.9 Å². The molecule has 0 aliphatic heterocycles. The Bertz CT molecular complexity index is 254. The van der Waals surface area contributed by atoms with Gasteiger partial charge in [0, 0.05) is 26.0 Å². The van der Waals surface area contributed by atoms with E-state index in [1.807, 2.05) is 12.1 Å². The van der Waals surface area contributed by atoms with E-state index < -0.39 is 0 Å². The van der Waals surface area contributed by atoms with Crippen molar-refractivity contribution in [3.05, 3.63) is 24.2 Å². The van der Waals surface area contributed by atoms with Gasteiger partial charge in [0.25, 0.3) is 0 Å². The first-order valence-electron chi connectivity index (χ1n) is 5.30. The van der Waals surface area contributed by atoms with Crippen molar-refractivity contribution in [3.63, 3.8) is 0 Å². The van der Waals surface area contributed by atoms with Gasteiger partial charge in [-0.15, -0.1) is 0 Å². The Labute approximate surface area is 100 Å². The number of aliphatic hydroxyl groups is 1. The van der Waals surface area contributed by atoms with Crippen molar-refractivity contribution in [1.82, 2.24) is 5.32 Å². The molecule has 2 N–H and O–H groups in total. The van der Waals surface area contributed by atoms with Gasteiger partial charge in [-0.2, -0.15) is 11.8 Å². The zero-order valence-electron chi connectivity index (χ0n) is 9.52. The minimum atomic E-state index is -0.322. The lowest BCUT2D eigenvalue weighted by molar-refractivity contribution is 0.175. The lowest BCUT2D eigenvalue weighted by Gasteiger charge is -2.10. The quantitative estimate of drug-likeness (QED) is 0.638. The average Bonchev–Trinajstić information content (AvgIpc) is 2.77. The third-order valence-corrected chi connectivity index (χ3v) is 3.11. The third kappa shape index (κ3) is 6.17. The van der Waals surface area contributed by atoms with Crippen LogP contribution in [0.25, 0.3) is 0 Å². The molecule has 0 bridgehead atoms. The first-order chi connectivity index (χ1) is 7.83. The maximum Gasteiger partial charge on any atom is 0.113 e. The van der Waals surface area contributed by atoms with Crippen molar-refractivity contribution in [2.24, 2.45) is 0 Å². The molecule has 5 heteroatoms. The van der Waals surface area contributed by atoms with Crippen LogP contribution in [0.2, 0.25) is 0 Å². The van der Waals surface area contributed by atoms with E-state index in [-0.39, 0.29) is 6.10 Å². The molecule has 0 aromatic carbocycles. The number of rotatable bonds is 9. The Kier molecular flexibility index (Phi) is 7.33. The molecule has 0 aliphatic carbocycles. The molecule has 0 radical (unpaired) electrons. The summed E-state index contributed by atoms with van der Waals surface area (Å²) in [4.78, 5) is 0. The van der Waals surface area contributed by atoms with Gasteiger partial charge in [-0.3, -0.25) is 0 Å². The van der Waals surface area contributed by atoms with Gasteiger partial charge in [-0.05, 0) is 12.1 Å². The summed E-state index contributed by atoms with van der Waals surface area (Å²) in [5.41, 5.74) is 0. The van der Waals surface area contributed by atoms with Gasteiger partial charge in [0.1, 0.15) is 5.76 Å². The van der Waals surface area contributed by atoms with E-state index in [2.05, 4.69) is 5.32 Å². The highest BCUT2D eigenvalue weighted by atomic mass is 32.2. The fourth-order valence-corrected chi connectivity index (χ4v) is 2.07. The number of methoxy groups -OCH3 is 1. The molecule has 0 saturated carbocycles. The fourth-order valence-electron chi connectivity index (χ4n) is 1.19. The number of hydrogen-bond donors (Lipinski definition) is 2. The number of thioether (sulfide) groups is 1. The Balaban J connectivity index is 1.95. The van der Waals surface area contributed by atoms with Crippen LogP contribution >= 0.6 is 11.8 Å². The maximum atomic E-state index is 9.62. The zero-order chi connectivity index (χ0) is 11.6. The molecule has 0 amide bonds. The first-order valence-corrected chi connectivity index (χ1v) is 6.46. The summed E-state index contributed by atoms with van der Waals surface area (Å²) in [6.45, 7) is 2.05. The smallest absolute Gasteiger partial charge is 0.113 e. The van der Waals surface area contributed by atoms with Crippen LogP contribution in [-0.2, 0) is 10.5 Å². The molecule has 1 unspecified atom stereocenters. The van der Waals surface area contributed by atoms with Crippen molar-refractivity contribution in [1.29, 1.82) is 0 Å². The lowest BCUT2D eigenvalue weighted by Crippen LogP contribution is -2.30. The predicted octanol–water partition coefficient (Wildman–Crippen LogP) is 1.11. The number of hydrogen-bond acceptors (Lipinski definition) is 5. The topological polar surface area (TPSA) is 54.6 Å². The zero-order valence-corrected chi connectivity index (χ0v) is 10.3. The van der Waals surface area contributed by atoms with Crippen molar-refractivity contribution >= 4 is 11.8 Å². The standard InChI is InChI=1S/C11H19NO3S/c1-14-6-4-12-7-10(13)8-16-9-11-3-2-5-15-11/h2-3,5,10,12-13H,4,6-9H2,1H3. The van der Waals surface area contributed by atoms with Crippen LogP contribution < -0.4 is 5.32 Å². The normalized spacial score (nSPS) is 12.9. The summed E-state index contributed by atoms with van der Waals surface area (Å²) >= 11 is 1.67. The lowest BCUT2D eigenvalue weighted by atomic mass is 10.4. The predicted molar refractivity (Wildman–Crippen MR) is 65.6 cm³/mol. The summed E-state index contributed by atoms with van der Waals surface area (Å²) in [6, 6.07) is 3.81. The molecular weight excluding hydrogens is 226 g/mol. The summed E-state index contributed by atoms with van der Waals surface area (Å²) in [5.74, 6) is 2.47. The SMILES string of the molecule is COCCNCC(O)CSCc1ccco1. The van der Waals surface area contributed by atoms with Crippen LogP contribution in [-0.4, -0.2) is 43.8 Å². The third-order valence-electron chi connectivity index (χ3n) is 2.00. The second-order valence-corrected chi connectivity index (χ2v) is 4.48. The van der Waals surface area contributed by atoms with Crippen LogP contribution in [0.5, 0.6) is 0 Å². The molecule has 1 atom stereocenters. The molecule has 1 aromatic heterocycles. The molecule has 0 fully saturated rings. The highest BCUT2D eigenvalue weighted by Gasteiger charge is 2.04. The van der Waals surface area contributed by atoms with Gasteiger partial charge >= 0.3 is 0 Å². The summed E-state index contributed by atoms with van der Waals surface area (Å²) in [6.07, 6.45) is 1.34. The van der Waals surface area contributed by atoms with Crippen molar-refractivity contribution in [2.45, 2.75) is 11.9 Å². The molecule has 0 saturated heterocycles. The second kappa shape index (κ2) is 8.64. The minimum Gasteiger partial charge on any atom is -0.468 e. The molecule has 1 aromatic rings. The number of nitrogens with one attached hydrogen (secondary N) is 1. The fraction of sp³-hybridized carbons (Fsp3) is 0.636. The van der Waals surface area contributed by atoms with Gasteiger partial charge in [0.15, 0.2) is 0 Å². The van der Waals surface area contributed by atoms with E-state index in [0.717, 1.165) is 18.1 Å². The number of aliphatic hydroxyl groups excluding tert-OH is 1. The molecular formula is C11H19NO3S. The Morgan fingerprint density at radius 2 is 2.50 bits per heavy atom. The minimum absolute atomic E-state index is 0.322. The number of ether oxygens (including phenoxy) is 1. The van der Waals surface area contributed by atoms with Gasteiger partial charge in [-0.25, -0.2) is 0 Å². The van der Waals surface area contributed by atoms with E-state index in [1.165, 1.54) is 0 Å².